The van der Waals surface area contributed by atoms with E-state index in [4.69, 9.17) is 4.74 Å². The Morgan fingerprint density at radius 2 is 2.16 bits per heavy atom. The zero-order valence-corrected chi connectivity index (χ0v) is 11.3. The van der Waals surface area contributed by atoms with E-state index < -0.39 is 11.6 Å². The van der Waals surface area contributed by atoms with E-state index in [0.717, 1.165) is 18.4 Å². The summed E-state index contributed by atoms with van der Waals surface area (Å²) < 4.78 is 32.4. The van der Waals surface area contributed by atoms with Gasteiger partial charge in [0.25, 0.3) is 0 Å². The molecule has 1 fully saturated rings. The maximum Gasteiger partial charge on any atom is 0.163 e. The monoisotopic (exact) mass is 269 g/mol. The third-order valence-electron chi connectivity index (χ3n) is 3.89. The van der Waals surface area contributed by atoms with Crippen molar-refractivity contribution < 1.29 is 13.5 Å². The normalized spacial score (nSPS) is 17.2. The molecule has 0 bridgehead atoms. The minimum atomic E-state index is -0.813. The van der Waals surface area contributed by atoms with E-state index in [1.54, 1.807) is 13.1 Å². The molecule has 1 N–H and O–H groups in total. The molecule has 106 valence electrons. The van der Waals surface area contributed by atoms with Crippen molar-refractivity contribution in [2.45, 2.75) is 31.7 Å². The zero-order chi connectivity index (χ0) is 13.7. The Bertz CT molecular complexity index is 407. The van der Waals surface area contributed by atoms with Crippen LogP contribution in [-0.4, -0.2) is 20.3 Å². The van der Waals surface area contributed by atoms with E-state index in [9.17, 15) is 8.78 Å². The van der Waals surface area contributed by atoms with E-state index in [1.165, 1.54) is 25.3 Å². The lowest BCUT2D eigenvalue weighted by Crippen LogP contribution is -2.24. The van der Waals surface area contributed by atoms with Crippen LogP contribution in [0.1, 0.15) is 37.3 Å². The van der Waals surface area contributed by atoms with E-state index in [2.05, 4.69) is 5.32 Å². The van der Waals surface area contributed by atoms with E-state index >= 15 is 0 Å². The second-order valence-electron chi connectivity index (χ2n) is 5.14. The fourth-order valence-electron chi connectivity index (χ4n) is 2.35. The van der Waals surface area contributed by atoms with Crippen molar-refractivity contribution in [3.05, 3.63) is 35.4 Å². The zero-order valence-electron chi connectivity index (χ0n) is 11.3. The van der Waals surface area contributed by atoms with Crippen molar-refractivity contribution in [3.63, 3.8) is 0 Å². The predicted octanol–water partition coefficient (Wildman–Crippen LogP) is 3.43. The van der Waals surface area contributed by atoms with Crippen LogP contribution in [-0.2, 0) is 4.74 Å². The first kappa shape index (κ1) is 14.4. The molecule has 1 saturated carbocycles. The summed E-state index contributed by atoms with van der Waals surface area (Å²) in [6.07, 6.45) is 5.01. The van der Waals surface area contributed by atoms with Crippen molar-refractivity contribution in [2.24, 2.45) is 5.92 Å². The van der Waals surface area contributed by atoms with Crippen LogP contribution in [0.3, 0.4) is 0 Å². The molecule has 1 atom stereocenters. The van der Waals surface area contributed by atoms with Gasteiger partial charge in [-0.2, -0.15) is 0 Å². The second kappa shape index (κ2) is 6.96. The Kier molecular flexibility index (Phi) is 5.28. The summed E-state index contributed by atoms with van der Waals surface area (Å²) in [5, 5.41) is 2.97. The van der Waals surface area contributed by atoms with Gasteiger partial charge in [0.15, 0.2) is 11.6 Å². The molecular weight excluding hydrogens is 248 g/mol. The Morgan fingerprint density at radius 1 is 1.37 bits per heavy atom. The van der Waals surface area contributed by atoms with Crippen LogP contribution in [0.15, 0.2) is 18.2 Å². The van der Waals surface area contributed by atoms with Gasteiger partial charge in [-0.1, -0.05) is 31.4 Å². The summed E-state index contributed by atoms with van der Waals surface area (Å²) in [6.45, 7) is 1.06. The molecule has 1 aliphatic rings. The highest BCUT2D eigenvalue weighted by molar-refractivity contribution is 5.22. The van der Waals surface area contributed by atoms with Gasteiger partial charge in [-0.05, 0) is 25.5 Å². The lowest BCUT2D eigenvalue weighted by molar-refractivity contribution is 0.0895. The molecule has 0 amide bonds. The fraction of sp³-hybridized carbons (Fsp3) is 0.600. The van der Waals surface area contributed by atoms with Crippen molar-refractivity contribution in [1.82, 2.24) is 5.32 Å². The summed E-state index contributed by atoms with van der Waals surface area (Å²) in [6, 6.07) is 3.93. The highest BCUT2D eigenvalue weighted by Gasteiger charge is 2.19. The van der Waals surface area contributed by atoms with Crippen LogP contribution in [0, 0.1) is 17.6 Å². The van der Waals surface area contributed by atoms with Crippen molar-refractivity contribution >= 4 is 0 Å². The van der Waals surface area contributed by atoms with E-state index in [-0.39, 0.29) is 6.04 Å². The van der Waals surface area contributed by atoms with Gasteiger partial charge in [-0.25, -0.2) is 8.78 Å². The van der Waals surface area contributed by atoms with Gasteiger partial charge in [-0.3, -0.25) is 0 Å². The van der Waals surface area contributed by atoms with Gasteiger partial charge in [0, 0.05) is 12.2 Å². The van der Waals surface area contributed by atoms with E-state index in [1.807, 2.05) is 0 Å². The minimum Gasteiger partial charge on any atom is -0.379 e. The molecule has 2 rings (SSSR count). The van der Waals surface area contributed by atoms with Crippen LogP contribution in [0.5, 0.6) is 0 Å². The number of ether oxygens (including phenoxy) is 1. The predicted molar refractivity (Wildman–Crippen MR) is 70.9 cm³/mol. The molecule has 0 heterocycles. The number of hydrogen-bond donors (Lipinski definition) is 1. The summed E-state index contributed by atoms with van der Waals surface area (Å²) in [5.41, 5.74) is 0.325. The summed E-state index contributed by atoms with van der Waals surface area (Å²) >= 11 is 0. The van der Waals surface area contributed by atoms with Crippen molar-refractivity contribution in [3.8, 4) is 0 Å². The summed E-state index contributed by atoms with van der Waals surface area (Å²) in [4.78, 5) is 0. The average Bonchev–Trinajstić information content (AvgIpc) is 2.36. The van der Waals surface area contributed by atoms with Gasteiger partial charge in [0.05, 0.1) is 12.6 Å². The van der Waals surface area contributed by atoms with Gasteiger partial charge >= 0.3 is 0 Å². The first-order chi connectivity index (χ1) is 9.22. The molecule has 0 saturated heterocycles. The fourth-order valence-corrected chi connectivity index (χ4v) is 2.35. The van der Waals surface area contributed by atoms with Crippen LogP contribution in [0.25, 0.3) is 0 Å². The molecule has 19 heavy (non-hydrogen) atoms. The molecule has 1 aromatic rings. The maximum atomic E-state index is 13.7. The Morgan fingerprint density at radius 3 is 2.79 bits per heavy atom. The standard InChI is InChI=1S/C15H21F2NO/c1-18-14(10-19-9-8-11-4-2-5-11)12-6-3-7-13(16)15(12)17/h3,6-7,11,14,18H,2,4-5,8-10H2,1H3. The lowest BCUT2D eigenvalue weighted by Gasteiger charge is -2.25. The minimum absolute atomic E-state index is 0.308. The van der Waals surface area contributed by atoms with Crippen LogP contribution in [0.2, 0.25) is 0 Å². The third kappa shape index (κ3) is 3.74. The molecule has 0 spiro atoms. The Balaban J connectivity index is 1.83. The topological polar surface area (TPSA) is 21.3 Å². The molecule has 2 nitrogen and oxygen atoms in total. The molecule has 1 aromatic carbocycles. The quantitative estimate of drug-likeness (QED) is 0.766. The number of halogens is 2. The Hall–Kier alpha value is -1.00. The van der Waals surface area contributed by atoms with Gasteiger partial charge < -0.3 is 10.1 Å². The number of rotatable bonds is 7. The highest BCUT2D eigenvalue weighted by atomic mass is 19.2. The summed E-state index contributed by atoms with van der Waals surface area (Å²) in [5.74, 6) is -0.796. The average molecular weight is 269 g/mol. The molecule has 0 aromatic heterocycles. The summed E-state index contributed by atoms with van der Waals surface area (Å²) in [7, 11) is 1.73. The molecule has 4 heteroatoms. The largest absolute Gasteiger partial charge is 0.379 e. The number of hydrogen-bond acceptors (Lipinski definition) is 2. The van der Waals surface area contributed by atoms with Crippen LogP contribution in [0.4, 0.5) is 8.78 Å². The van der Waals surface area contributed by atoms with Crippen molar-refractivity contribution in [1.29, 1.82) is 0 Å². The van der Waals surface area contributed by atoms with Crippen LogP contribution < -0.4 is 5.32 Å². The van der Waals surface area contributed by atoms with Gasteiger partial charge in [0.1, 0.15) is 0 Å². The molecule has 1 unspecified atom stereocenters. The van der Waals surface area contributed by atoms with Gasteiger partial charge in [0.2, 0.25) is 0 Å². The molecule has 0 radical (unpaired) electrons. The smallest absolute Gasteiger partial charge is 0.163 e. The first-order valence-corrected chi connectivity index (χ1v) is 6.91. The first-order valence-electron chi connectivity index (χ1n) is 6.91. The number of likely N-dealkylation sites (N-methyl/N-ethyl adjacent to an activating group) is 1. The molecule has 1 aliphatic carbocycles. The highest BCUT2D eigenvalue weighted by Crippen LogP contribution is 2.29. The maximum absolute atomic E-state index is 13.7. The van der Waals surface area contributed by atoms with Crippen molar-refractivity contribution in [2.75, 3.05) is 20.3 Å². The van der Waals surface area contributed by atoms with Gasteiger partial charge in [-0.15, -0.1) is 0 Å². The lowest BCUT2D eigenvalue weighted by atomic mass is 9.83. The molecular formula is C15H21F2NO. The number of benzene rings is 1. The molecule has 0 aliphatic heterocycles. The van der Waals surface area contributed by atoms with Crippen LogP contribution >= 0.6 is 0 Å². The second-order valence-corrected chi connectivity index (χ2v) is 5.14. The van der Waals surface area contributed by atoms with E-state index in [0.29, 0.717) is 18.8 Å². The number of nitrogens with one attached hydrogen (secondary N) is 1. The Labute approximate surface area is 113 Å². The SMILES string of the molecule is CNC(COCCC1CCC1)c1cccc(F)c1F. The third-order valence-corrected chi connectivity index (χ3v) is 3.89.